The molecule has 3 nitrogen and oxygen atoms in total. The van der Waals surface area contributed by atoms with Gasteiger partial charge in [0.15, 0.2) is 0 Å². The highest BCUT2D eigenvalue weighted by Gasteiger charge is 1.97. The molecule has 0 bridgehead atoms. The Morgan fingerprint density at radius 2 is 2.00 bits per heavy atom. The van der Waals surface area contributed by atoms with Gasteiger partial charge in [0.25, 0.3) is 0 Å². The zero-order valence-corrected chi connectivity index (χ0v) is 12.4. The SMILES string of the molecule is CNCc1cccc(OCCOCCCC(C)C)c1. The second-order valence-electron chi connectivity index (χ2n) is 5.17. The normalized spacial score (nSPS) is 10.9. The highest BCUT2D eigenvalue weighted by atomic mass is 16.5. The van der Waals surface area contributed by atoms with Crippen molar-refractivity contribution in [1.29, 1.82) is 0 Å². The first-order chi connectivity index (χ1) is 9.22. The molecular formula is C16H27NO2. The van der Waals surface area contributed by atoms with Crippen LogP contribution in [-0.2, 0) is 11.3 Å². The van der Waals surface area contributed by atoms with E-state index in [1.165, 1.54) is 12.0 Å². The number of rotatable bonds is 10. The van der Waals surface area contributed by atoms with Gasteiger partial charge in [-0.25, -0.2) is 0 Å². The number of nitrogens with one attached hydrogen (secondary N) is 1. The fraction of sp³-hybridized carbons (Fsp3) is 0.625. The summed E-state index contributed by atoms with van der Waals surface area (Å²) in [7, 11) is 1.94. The van der Waals surface area contributed by atoms with Gasteiger partial charge in [0.2, 0.25) is 0 Å². The fourth-order valence-electron chi connectivity index (χ4n) is 1.86. The summed E-state index contributed by atoms with van der Waals surface area (Å²) in [6, 6.07) is 8.16. The van der Waals surface area contributed by atoms with E-state index < -0.39 is 0 Å². The molecule has 3 heteroatoms. The Bertz CT molecular complexity index is 339. The predicted molar refractivity (Wildman–Crippen MR) is 79.6 cm³/mol. The molecule has 0 heterocycles. The molecule has 1 aromatic carbocycles. The van der Waals surface area contributed by atoms with Crippen molar-refractivity contribution in [3.05, 3.63) is 29.8 Å². The highest BCUT2D eigenvalue weighted by molar-refractivity contribution is 5.28. The summed E-state index contributed by atoms with van der Waals surface area (Å²) < 4.78 is 11.2. The van der Waals surface area contributed by atoms with Crippen molar-refractivity contribution in [3.63, 3.8) is 0 Å². The minimum absolute atomic E-state index is 0.616. The van der Waals surface area contributed by atoms with Crippen LogP contribution in [0, 0.1) is 5.92 Å². The van der Waals surface area contributed by atoms with Gasteiger partial charge in [0.05, 0.1) is 6.61 Å². The molecule has 1 aromatic rings. The quantitative estimate of drug-likeness (QED) is 0.659. The van der Waals surface area contributed by atoms with Gasteiger partial charge in [-0.15, -0.1) is 0 Å². The standard InChI is InChI=1S/C16H27NO2/c1-14(2)6-5-9-18-10-11-19-16-8-4-7-15(12-16)13-17-3/h4,7-8,12,14,17H,5-6,9-11,13H2,1-3H3. The third-order valence-corrected chi connectivity index (χ3v) is 2.85. The average Bonchev–Trinajstić information content (AvgIpc) is 2.38. The van der Waals surface area contributed by atoms with Crippen LogP contribution in [0.15, 0.2) is 24.3 Å². The molecule has 1 N–H and O–H groups in total. The Morgan fingerprint density at radius 1 is 1.16 bits per heavy atom. The molecule has 0 aliphatic rings. The monoisotopic (exact) mass is 265 g/mol. The van der Waals surface area contributed by atoms with Crippen LogP contribution < -0.4 is 10.1 Å². The third kappa shape index (κ3) is 7.85. The lowest BCUT2D eigenvalue weighted by atomic mass is 10.1. The molecule has 0 saturated carbocycles. The minimum Gasteiger partial charge on any atom is -0.491 e. The highest BCUT2D eigenvalue weighted by Crippen LogP contribution is 2.13. The zero-order valence-electron chi connectivity index (χ0n) is 12.4. The van der Waals surface area contributed by atoms with Gasteiger partial charge in [-0.1, -0.05) is 26.0 Å². The molecule has 0 fully saturated rings. The Labute approximate surface area is 117 Å². The first kappa shape index (κ1) is 16.0. The maximum atomic E-state index is 5.67. The number of hydrogen-bond donors (Lipinski definition) is 1. The van der Waals surface area contributed by atoms with Crippen LogP contribution in [0.3, 0.4) is 0 Å². The summed E-state index contributed by atoms with van der Waals surface area (Å²) in [6.07, 6.45) is 2.36. The summed E-state index contributed by atoms with van der Waals surface area (Å²) in [6.45, 7) is 7.45. The van der Waals surface area contributed by atoms with Crippen molar-refractivity contribution in [1.82, 2.24) is 5.32 Å². The largest absolute Gasteiger partial charge is 0.491 e. The number of hydrogen-bond acceptors (Lipinski definition) is 3. The van der Waals surface area contributed by atoms with Crippen molar-refractivity contribution in [2.24, 2.45) is 5.92 Å². The Balaban J connectivity index is 2.10. The molecule has 0 spiro atoms. The van der Waals surface area contributed by atoms with Crippen LogP contribution in [-0.4, -0.2) is 26.9 Å². The molecule has 0 saturated heterocycles. The van der Waals surface area contributed by atoms with Crippen molar-refractivity contribution in [2.45, 2.75) is 33.2 Å². The molecule has 0 aliphatic heterocycles. The predicted octanol–water partition coefficient (Wildman–Crippen LogP) is 3.24. The second kappa shape index (κ2) is 9.82. The van der Waals surface area contributed by atoms with Crippen LogP contribution in [0.5, 0.6) is 5.75 Å². The van der Waals surface area contributed by atoms with E-state index in [0.717, 1.165) is 31.2 Å². The summed E-state index contributed by atoms with van der Waals surface area (Å²) in [4.78, 5) is 0. The zero-order chi connectivity index (χ0) is 13.9. The molecule has 0 amide bonds. The van der Waals surface area contributed by atoms with Gasteiger partial charge < -0.3 is 14.8 Å². The number of benzene rings is 1. The molecule has 0 atom stereocenters. The lowest BCUT2D eigenvalue weighted by Gasteiger charge is -2.09. The summed E-state index contributed by atoms with van der Waals surface area (Å²) in [5, 5.41) is 3.13. The second-order valence-corrected chi connectivity index (χ2v) is 5.17. The van der Waals surface area contributed by atoms with Gasteiger partial charge in [0.1, 0.15) is 12.4 Å². The van der Waals surface area contributed by atoms with Crippen LogP contribution in [0.2, 0.25) is 0 Å². The Morgan fingerprint density at radius 3 is 2.74 bits per heavy atom. The first-order valence-electron chi connectivity index (χ1n) is 7.16. The van der Waals surface area contributed by atoms with E-state index >= 15 is 0 Å². The van der Waals surface area contributed by atoms with Gasteiger partial charge in [-0.05, 0) is 43.5 Å². The topological polar surface area (TPSA) is 30.5 Å². The van der Waals surface area contributed by atoms with Crippen molar-refractivity contribution in [2.75, 3.05) is 26.9 Å². The fourth-order valence-corrected chi connectivity index (χ4v) is 1.86. The lowest BCUT2D eigenvalue weighted by Crippen LogP contribution is -2.09. The van der Waals surface area contributed by atoms with E-state index in [1.54, 1.807) is 0 Å². The van der Waals surface area contributed by atoms with E-state index in [2.05, 4.69) is 31.3 Å². The molecule has 0 aromatic heterocycles. The van der Waals surface area contributed by atoms with E-state index in [1.807, 2.05) is 19.2 Å². The summed E-state index contributed by atoms with van der Waals surface area (Å²) in [5.74, 6) is 1.67. The minimum atomic E-state index is 0.616. The molecule has 1 rings (SSSR count). The Hall–Kier alpha value is -1.06. The van der Waals surface area contributed by atoms with E-state index in [0.29, 0.717) is 13.2 Å². The van der Waals surface area contributed by atoms with Gasteiger partial charge in [0, 0.05) is 13.2 Å². The number of ether oxygens (including phenoxy) is 2. The summed E-state index contributed by atoms with van der Waals surface area (Å²) >= 11 is 0. The lowest BCUT2D eigenvalue weighted by molar-refractivity contribution is 0.0957. The maximum absolute atomic E-state index is 5.67. The average molecular weight is 265 g/mol. The molecular weight excluding hydrogens is 238 g/mol. The Kier molecular flexibility index (Phi) is 8.26. The van der Waals surface area contributed by atoms with E-state index in [-0.39, 0.29) is 0 Å². The van der Waals surface area contributed by atoms with Crippen LogP contribution in [0.4, 0.5) is 0 Å². The maximum Gasteiger partial charge on any atom is 0.119 e. The van der Waals surface area contributed by atoms with Crippen molar-refractivity contribution < 1.29 is 9.47 Å². The smallest absolute Gasteiger partial charge is 0.119 e. The molecule has 108 valence electrons. The van der Waals surface area contributed by atoms with Crippen molar-refractivity contribution in [3.8, 4) is 5.75 Å². The molecule has 0 radical (unpaired) electrons. The summed E-state index contributed by atoms with van der Waals surface area (Å²) in [5.41, 5.74) is 1.23. The van der Waals surface area contributed by atoms with Gasteiger partial charge in [-0.2, -0.15) is 0 Å². The van der Waals surface area contributed by atoms with Crippen molar-refractivity contribution >= 4 is 0 Å². The van der Waals surface area contributed by atoms with Gasteiger partial charge >= 0.3 is 0 Å². The van der Waals surface area contributed by atoms with Crippen LogP contribution in [0.25, 0.3) is 0 Å². The van der Waals surface area contributed by atoms with Gasteiger partial charge in [-0.3, -0.25) is 0 Å². The van der Waals surface area contributed by atoms with E-state index in [4.69, 9.17) is 9.47 Å². The first-order valence-corrected chi connectivity index (χ1v) is 7.16. The van der Waals surface area contributed by atoms with Crippen LogP contribution in [0.1, 0.15) is 32.3 Å². The molecule has 0 aliphatic carbocycles. The molecule has 0 unspecified atom stereocenters. The molecule has 19 heavy (non-hydrogen) atoms. The third-order valence-electron chi connectivity index (χ3n) is 2.85. The van der Waals surface area contributed by atoms with Crippen LogP contribution >= 0.6 is 0 Å². The van der Waals surface area contributed by atoms with E-state index in [9.17, 15) is 0 Å².